The van der Waals surface area contributed by atoms with Crippen molar-refractivity contribution in [3.05, 3.63) is 76.1 Å². The third-order valence-electron chi connectivity index (χ3n) is 4.09. The van der Waals surface area contributed by atoms with Gasteiger partial charge < -0.3 is 10.1 Å². The summed E-state index contributed by atoms with van der Waals surface area (Å²) in [6.45, 7) is 2.96. The molecule has 0 atom stereocenters. The molecule has 0 saturated heterocycles. The summed E-state index contributed by atoms with van der Waals surface area (Å²) in [5, 5.41) is 7.04. The fraction of sp³-hybridized carbons (Fsp3) is 0.150. The summed E-state index contributed by atoms with van der Waals surface area (Å²) >= 11 is 6.14. The van der Waals surface area contributed by atoms with E-state index in [4.69, 9.17) is 16.3 Å². The lowest BCUT2D eigenvalue weighted by atomic mass is 10.2. The molecule has 0 aliphatic carbocycles. The Balaban J connectivity index is 1.61. The summed E-state index contributed by atoms with van der Waals surface area (Å²) in [7, 11) is 0. The van der Waals surface area contributed by atoms with Crippen LogP contribution < -0.4 is 5.32 Å². The number of hydrogen-bond acceptors (Lipinski definition) is 4. The van der Waals surface area contributed by atoms with Crippen LogP contribution in [0.15, 0.2) is 42.5 Å². The Hall–Kier alpha value is -3.26. The van der Waals surface area contributed by atoms with E-state index in [1.165, 1.54) is 12.1 Å². The molecule has 9 heteroatoms. The van der Waals surface area contributed by atoms with Crippen molar-refractivity contribution in [3.8, 4) is 5.69 Å². The van der Waals surface area contributed by atoms with Crippen LogP contribution >= 0.6 is 11.6 Å². The highest BCUT2D eigenvalue weighted by molar-refractivity contribution is 6.31. The number of halogens is 3. The average molecular weight is 420 g/mol. The van der Waals surface area contributed by atoms with Gasteiger partial charge in [-0.15, -0.1) is 0 Å². The van der Waals surface area contributed by atoms with Gasteiger partial charge in [0.25, 0.3) is 5.91 Å². The van der Waals surface area contributed by atoms with Crippen LogP contribution in [0.4, 0.5) is 14.5 Å². The van der Waals surface area contributed by atoms with Crippen molar-refractivity contribution < 1.29 is 23.1 Å². The van der Waals surface area contributed by atoms with E-state index in [1.807, 2.05) is 6.92 Å². The molecule has 3 aromatic rings. The van der Waals surface area contributed by atoms with Gasteiger partial charge in [-0.2, -0.15) is 5.10 Å². The summed E-state index contributed by atoms with van der Waals surface area (Å²) in [5.41, 5.74) is 2.03. The molecule has 1 aromatic heterocycles. The van der Waals surface area contributed by atoms with Crippen molar-refractivity contribution >= 4 is 29.2 Å². The first-order valence-corrected chi connectivity index (χ1v) is 8.88. The van der Waals surface area contributed by atoms with Crippen molar-refractivity contribution in [3.63, 3.8) is 0 Å². The molecular formula is C20H16ClF2N3O3. The van der Waals surface area contributed by atoms with Crippen molar-refractivity contribution in [2.45, 2.75) is 13.8 Å². The number of carbonyl (C=O) groups is 2. The fourth-order valence-electron chi connectivity index (χ4n) is 2.61. The van der Waals surface area contributed by atoms with Gasteiger partial charge in [-0.25, -0.2) is 18.3 Å². The molecular weight excluding hydrogens is 404 g/mol. The summed E-state index contributed by atoms with van der Waals surface area (Å²) in [4.78, 5) is 23.9. The first-order valence-electron chi connectivity index (χ1n) is 8.50. The Kier molecular flexibility index (Phi) is 5.93. The molecule has 3 rings (SSSR count). The number of esters is 1. The molecule has 29 heavy (non-hydrogen) atoms. The van der Waals surface area contributed by atoms with Gasteiger partial charge in [-0.1, -0.05) is 11.6 Å². The highest BCUT2D eigenvalue weighted by atomic mass is 35.5. The minimum absolute atomic E-state index is 0.214. The Morgan fingerprint density at radius 3 is 2.45 bits per heavy atom. The van der Waals surface area contributed by atoms with E-state index < -0.39 is 30.1 Å². The maximum Gasteiger partial charge on any atom is 0.338 e. The predicted molar refractivity (Wildman–Crippen MR) is 103 cm³/mol. The lowest BCUT2D eigenvalue weighted by Crippen LogP contribution is -2.21. The molecule has 6 nitrogen and oxygen atoms in total. The van der Waals surface area contributed by atoms with Crippen molar-refractivity contribution in [2.75, 3.05) is 11.9 Å². The number of hydrogen-bond donors (Lipinski definition) is 1. The molecule has 1 heterocycles. The van der Waals surface area contributed by atoms with Crippen LogP contribution in [0.5, 0.6) is 0 Å². The van der Waals surface area contributed by atoms with Crippen LogP contribution in [0.3, 0.4) is 0 Å². The molecule has 0 spiro atoms. The van der Waals surface area contributed by atoms with Gasteiger partial charge >= 0.3 is 5.97 Å². The Bertz CT molecular complexity index is 1080. The Morgan fingerprint density at radius 1 is 1.14 bits per heavy atom. The second-order valence-electron chi connectivity index (χ2n) is 6.19. The third kappa shape index (κ3) is 4.60. The second-order valence-corrected chi connectivity index (χ2v) is 6.57. The van der Waals surface area contributed by atoms with Crippen LogP contribution in [-0.2, 0) is 9.53 Å². The van der Waals surface area contributed by atoms with Crippen LogP contribution in [0, 0.1) is 25.5 Å². The van der Waals surface area contributed by atoms with Crippen LogP contribution in [0.1, 0.15) is 21.7 Å². The number of aromatic nitrogens is 2. The molecule has 0 aliphatic heterocycles. The molecule has 0 bridgehead atoms. The van der Waals surface area contributed by atoms with E-state index in [2.05, 4.69) is 10.4 Å². The molecule has 1 N–H and O–H groups in total. The highest BCUT2D eigenvalue weighted by Crippen LogP contribution is 2.22. The van der Waals surface area contributed by atoms with Crippen LogP contribution in [0.2, 0.25) is 5.02 Å². The summed E-state index contributed by atoms with van der Waals surface area (Å²) in [6, 6.07) is 9.00. The lowest BCUT2D eigenvalue weighted by Gasteiger charge is -2.08. The van der Waals surface area contributed by atoms with Crippen molar-refractivity contribution in [1.82, 2.24) is 9.78 Å². The molecule has 2 aromatic carbocycles. The second kappa shape index (κ2) is 8.40. The normalized spacial score (nSPS) is 10.7. The summed E-state index contributed by atoms with van der Waals surface area (Å²) in [5.74, 6) is -3.04. The molecule has 1 amide bonds. The number of aryl methyl sites for hydroxylation is 1. The molecule has 0 fully saturated rings. The van der Waals surface area contributed by atoms with E-state index in [0.29, 0.717) is 16.4 Å². The molecule has 0 aliphatic rings. The summed E-state index contributed by atoms with van der Waals surface area (Å²) in [6.07, 6.45) is 0. The van der Waals surface area contributed by atoms with E-state index in [-0.39, 0.29) is 11.3 Å². The number of amides is 1. The highest BCUT2D eigenvalue weighted by Gasteiger charge is 2.14. The summed E-state index contributed by atoms with van der Waals surface area (Å²) < 4.78 is 33.2. The van der Waals surface area contributed by atoms with Crippen LogP contribution in [0.25, 0.3) is 5.69 Å². The Labute approximate surface area is 170 Å². The van der Waals surface area contributed by atoms with Crippen LogP contribution in [-0.4, -0.2) is 28.3 Å². The van der Waals surface area contributed by atoms with Crippen molar-refractivity contribution in [2.24, 2.45) is 0 Å². The SMILES string of the molecule is Cc1nn(-c2ccc(C(=O)OCC(=O)Nc3cc(F)ccc3F)cc2)c(C)c1Cl. The first-order chi connectivity index (χ1) is 13.8. The number of ether oxygens (including phenoxy) is 1. The Morgan fingerprint density at radius 2 is 1.83 bits per heavy atom. The number of benzene rings is 2. The number of anilines is 1. The van der Waals surface area contributed by atoms with E-state index in [0.717, 1.165) is 23.9 Å². The van der Waals surface area contributed by atoms with Gasteiger partial charge in [0, 0.05) is 6.07 Å². The van der Waals surface area contributed by atoms with Gasteiger partial charge in [0.05, 0.1) is 33.3 Å². The number of carbonyl (C=O) groups excluding carboxylic acids is 2. The smallest absolute Gasteiger partial charge is 0.338 e. The van der Waals surface area contributed by atoms with Gasteiger partial charge in [0.15, 0.2) is 6.61 Å². The maximum absolute atomic E-state index is 13.5. The zero-order chi connectivity index (χ0) is 21.1. The molecule has 0 radical (unpaired) electrons. The minimum atomic E-state index is -0.800. The van der Waals surface area contributed by atoms with E-state index in [1.54, 1.807) is 23.7 Å². The zero-order valence-corrected chi connectivity index (χ0v) is 16.3. The fourth-order valence-corrected chi connectivity index (χ4v) is 2.73. The lowest BCUT2D eigenvalue weighted by molar-refractivity contribution is -0.119. The number of nitrogens with zero attached hydrogens (tertiary/aromatic N) is 2. The van der Waals surface area contributed by atoms with Gasteiger partial charge in [-0.05, 0) is 50.2 Å². The van der Waals surface area contributed by atoms with Gasteiger partial charge in [0.2, 0.25) is 0 Å². The minimum Gasteiger partial charge on any atom is -0.452 e. The number of nitrogens with one attached hydrogen (secondary N) is 1. The standard InChI is InChI=1S/C20H16ClF2N3O3/c1-11-19(21)12(2)26(25-11)15-6-3-13(4-7-15)20(28)29-10-18(27)24-17-9-14(22)5-8-16(17)23/h3-9H,10H2,1-2H3,(H,24,27). The predicted octanol–water partition coefficient (Wildman–Crippen LogP) is 4.22. The van der Waals surface area contributed by atoms with Gasteiger partial charge in [0.1, 0.15) is 11.6 Å². The topological polar surface area (TPSA) is 73.2 Å². The quantitative estimate of drug-likeness (QED) is 0.628. The first kappa shape index (κ1) is 20.5. The molecule has 0 saturated carbocycles. The van der Waals surface area contributed by atoms with E-state index in [9.17, 15) is 18.4 Å². The van der Waals surface area contributed by atoms with Gasteiger partial charge in [-0.3, -0.25) is 4.79 Å². The largest absolute Gasteiger partial charge is 0.452 e. The maximum atomic E-state index is 13.5. The third-order valence-corrected chi connectivity index (χ3v) is 4.63. The zero-order valence-electron chi connectivity index (χ0n) is 15.5. The van der Waals surface area contributed by atoms with Crippen molar-refractivity contribution in [1.29, 1.82) is 0 Å². The van der Waals surface area contributed by atoms with E-state index >= 15 is 0 Å². The molecule has 150 valence electrons. The average Bonchev–Trinajstić information content (AvgIpc) is 2.96. The molecule has 0 unspecified atom stereocenters. The number of rotatable bonds is 5. The monoisotopic (exact) mass is 419 g/mol.